The van der Waals surface area contributed by atoms with Crippen LogP contribution in [-0.4, -0.2) is 108 Å². The molecule has 39 heavy (non-hydrogen) atoms. The molecule has 1 aromatic rings. The number of carbonyl (C=O) groups excluding carboxylic acids is 1. The van der Waals surface area contributed by atoms with Gasteiger partial charge in [-0.2, -0.15) is 0 Å². The van der Waals surface area contributed by atoms with Crippen molar-refractivity contribution in [3.63, 3.8) is 0 Å². The molecule has 3 heterocycles. The van der Waals surface area contributed by atoms with Crippen molar-refractivity contribution in [3.05, 3.63) is 41.7 Å². The molecule has 4 rings (SSSR count). The van der Waals surface area contributed by atoms with E-state index in [0.29, 0.717) is 70.7 Å². The van der Waals surface area contributed by atoms with E-state index in [1.807, 2.05) is 0 Å². The maximum Gasteiger partial charge on any atom is 0.243 e. The number of amides is 1. The Bertz CT molecular complexity index is 932. The third kappa shape index (κ3) is 8.98. The van der Waals surface area contributed by atoms with Gasteiger partial charge in [-0.1, -0.05) is 6.58 Å². The lowest BCUT2D eigenvalue weighted by atomic mass is 9.78. The molecule has 0 bridgehead atoms. The molecule has 2 saturated heterocycles. The molecule has 0 spiro atoms. The summed E-state index contributed by atoms with van der Waals surface area (Å²) >= 11 is 0. The van der Waals surface area contributed by atoms with Gasteiger partial charge in [0, 0.05) is 37.7 Å². The first-order chi connectivity index (χ1) is 19.0. The number of nitrogens with one attached hydrogen (secondary N) is 1. The van der Waals surface area contributed by atoms with Gasteiger partial charge in [-0.15, -0.1) is 0 Å². The molecule has 3 aliphatic rings. The first kappa shape index (κ1) is 29.9. The molecular weight excluding hydrogens is 501 g/mol. The number of carbonyl (C=O) groups is 1. The highest BCUT2D eigenvalue weighted by molar-refractivity contribution is 5.86. The van der Waals surface area contributed by atoms with Gasteiger partial charge in [0.05, 0.1) is 46.2 Å². The number of piperidine rings is 1. The summed E-state index contributed by atoms with van der Waals surface area (Å²) in [6.45, 7) is 12.0. The molecule has 0 aliphatic carbocycles. The predicted molar refractivity (Wildman–Crippen MR) is 149 cm³/mol. The first-order valence-corrected chi connectivity index (χ1v) is 14.5. The van der Waals surface area contributed by atoms with Gasteiger partial charge >= 0.3 is 0 Å². The number of fused-ring (bicyclic) bond motifs is 2. The molecule has 1 amide bonds. The largest absolute Gasteiger partial charge is 0.493 e. The second kappa shape index (κ2) is 15.7. The SMILES string of the molecule is C=CC(=O)NCCOCCOCCOCCN1CC[C@@H]2C[C@H](Cc3c(F)ccc4c3CCO4)CN(C)[C@H]2CC1. The lowest BCUT2D eigenvalue weighted by Crippen LogP contribution is -2.47. The third-order valence-electron chi connectivity index (χ3n) is 8.31. The zero-order valence-corrected chi connectivity index (χ0v) is 23.5. The van der Waals surface area contributed by atoms with E-state index in [2.05, 4.69) is 28.7 Å². The van der Waals surface area contributed by atoms with Crippen LogP contribution in [0.15, 0.2) is 24.8 Å². The molecule has 218 valence electrons. The summed E-state index contributed by atoms with van der Waals surface area (Å²) in [5, 5.41) is 2.66. The monoisotopic (exact) mass is 547 g/mol. The topological polar surface area (TPSA) is 72.5 Å². The minimum Gasteiger partial charge on any atom is -0.493 e. The first-order valence-electron chi connectivity index (χ1n) is 14.5. The molecule has 0 aromatic heterocycles. The number of hydrogen-bond acceptors (Lipinski definition) is 7. The Morgan fingerprint density at radius 1 is 1.13 bits per heavy atom. The summed E-state index contributed by atoms with van der Waals surface area (Å²) in [5.41, 5.74) is 1.98. The fourth-order valence-electron chi connectivity index (χ4n) is 6.35. The second-order valence-electron chi connectivity index (χ2n) is 10.9. The van der Waals surface area contributed by atoms with Crippen LogP contribution in [-0.2, 0) is 31.8 Å². The number of ether oxygens (including phenoxy) is 4. The number of likely N-dealkylation sites (tertiary alicyclic amines) is 2. The minimum atomic E-state index is -0.193. The molecule has 9 heteroatoms. The van der Waals surface area contributed by atoms with Crippen LogP contribution in [0.3, 0.4) is 0 Å². The Hall–Kier alpha value is -2.04. The Morgan fingerprint density at radius 3 is 2.67 bits per heavy atom. The van der Waals surface area contributed by atoms with E-state index < -0.39 is 0 Å². The Kier molecular flexibility index (Phi) is 12.0. The van der Waals surface area contributed by atoms with E-state index in [4.69, 9.17) is 18.9 Å². The van der Waals surface area contributed by atoms with Crippen molar-refractivity contribution in [1.82, 2.24) is 15.1 Å². The van der Waals surface area contributed by atoms with Gasteiger partial charge in [0.2, 0.25) is 5.91 Å². The Morgan fingerprint density at radius 2 is 1.87 bits per heavy atom. The molecule has 1 aromatic carbocycles. The smallest absolute Gasteiger partial charge is 0.243 e. The standard InChI is InChI=1S/C30H46FN3O5/c1-3-30(35)32-9-14-36-16-18-38-19-17-37-15-12-34-10-6-24-20-23(22-33(2)28(24)7-11-34)21-26-25-8-13-39-29(25)5-4-27(26)31/h3-5,23-24,28H,1,6-22H2,2H3,(H,32,35)/t23-,24-,28+/m1/s1. The predicted octanol–water partition coefficient (Wildman–Crippen LogP) is 2.69. The van der Waals surface area contributed by atoms with Gasteiger partial charge in [0.15, 0.2) is 0 Å². The summed E-state index contributed by atoms with van der Waals surface area (Å²) in [5.74, 6) is 1.76. The van der Waals surface area contributed by atoms with Crippen LogP contribution in [0, 0.1) is 17.7 Å². The van der Waals surface area contributed by atoms with Crippen molar-refractivity contribution in [2.75, 3.05) is 86.0 Å². The quantitative estimate of drug-likeness (QED) is 0.267. The van der Waals surface area contributed by atoms with Gasteiger partial charge in [-0.25, -0.2) is 4.39 Å². The number of nitrogens with zero attached hydrogens (tertiary/aromatic N) is 2. The van der Waals surface area contributed by atoms with Gasteiger partial charge in [-0.05, 0) is 81.4 Å². The molecule has 8 nitrogen and oxygen atoms in total. The third-order valence-corrected chi connectivity index (χ3v) is 8.31. The van der Waals surface area contributed by atoms with Crippen LogP contribution in [0.1, 0.15) is 30.4 Å². The number of halogens is 1. The second-order valence-corrected chi connectivity index (χ2v) is 10.9. The highest BCUT2D eigenvalue weighted by Gasteiger charge is 2.36. The summed E-state index contributed by atoms with van der Waals surface area (Å²) in [7, 11) is 2.25. The van der Waals surface area contributed by atoms with Crippen LogP contribution in [0.2, 0.25) is 0 Å². The van der Waals surface area contributed by atoms with Gasteiger partial charge < -0.3 is 34.1 Å². The molecule has 0 radical (unpaired) electrons. The number of rotatable bonds is 15. The Balaban J connectivity index is 1.09. The normalized spacial score (nSPS) is 23.5. The van der Waals surface area contributed by atoms with E-state index in [0.717, 1.165) is 55.9 Å². The molecule has 1 N–H and O–H groups in total. The zero-order chi connectivity index (χ0) is 27.5. The van der Waals surface area contributed by atoms with Crippen LogP contribution in [0.4, 0.5) is 4.39 Å². The van der Waals surface area contributed by atoms with E-state index >= 15 is 0 Å². The lowest BCUT2D eigenvalue weighted by Gasteiger charge is -2.42. The van der Waals surface area contributed by atoms with Crippen LogP contribution in [0.5, 0.6) is 5.75 Å². The van der Waals surface area contributed by atoms with Crippen molar-refractivity contribution >= 4 is 5.91 Å². The van der Waals surface area contributed by atoms with Crippen molar-refractivity contribution < 1.29 is 28.1 Å². The van der Waals surface area contributed by atoms with Gasteiger partial charge in [0.1, 0.15) is 11.6 Å². The minimum absolute atomic E-state index is 0.0685. The zero-order valence-electron chi connectivity index (χ0n) is 23.5. The van der Waals surface area contributed by atoms with E-state index in [1.54, 1.807) is 12.1 Å². The van der Waals surface area contributed by atoms with Crippen molar-refractivity contribution in [1.29, 1.82) is 0 Å². The summed E-state index contributed by atoms with van der Waals surface area (Å²) < 4.78 is 37.2. The van der Waals surface area contributed by atoms with Gasteiger partial charge in [-0.3, -0.25) is 4.79 Å². The fourth-order valence-corrected chi connectivity index (χ4v) is 6.35. The molecule has 2 fully saturated rings. The van der Waals surface area contributed by atoms with E-state index in [9.17, 15) is 9.18 Å². The van der Waals surface area contributed by atoms with Crippen LogP contribution >= 0.6 is 0 Å². The average Bonchev–Trinajstić information content (AvgIpc) is 3.32. The van der Waals surface area contributed by atoms with Crippen molar-refractivity contribution in [2.24, 2.45) is 11.8 Å². The van der Waals surface area contributed by atoms with Crippen LogP contribution in [0.25, 0.3) is 0 Å². The maximum absolute atomic E-state index is 14.8. The van der Waals surface area contributed by atoms with Crippen molar-refractivity contribution in [3.8, 4) is 5.75 Å². The summed E-state index contributed by atoms with van der Waals surface area (Å²) in [6.07, 6.45) is 6.42. The fraction of sp³-hybridized carbons (Fsp3) is 0.700. The number of benzene rings is 1. The summed E-state index contributed by atoms with van der Waals surface area (Å²) in [6, 6.07) is 3.97. The van der Waals surface area contributed by atoms with E-state index in [1.165, 1.54) is 25.3 Å². The van der Waals surface area contributed by atoms with E-state index in [-0.39, 0.29) is 11.7 Å². The average molecular weight is 548 g/mol. The maximum atomic E-state index is 14.8. The van der Waals surface area contributed by atoms with Gasteiger partial charge in [0.25, 0.3) is 0 Å². The molecule has 0 unspecified atom stereocenters. The van der Waals surface area contributed by atoms with Crippen LogP contribution < -0.4 is 10.1 Å². The Labute approximate surface area is 232 Å². The lowest BCUT2D eigenvalue weighted by molar-refractivity contribution is -0.116. The highest BCUT2D eigenvalue weighted by Crippen LogP contribution is 2.37. The highest BCUT2D eigenvalue weighted by atomic mass is 19.1. The molecule has 3 atom stereocenters. The number of hydrogen-bond donors (Lipinski definition) is 1. The molecule has 3 aliphatic heterocycles. The van der Waals surface area contributed by atoms with Crippen molar-refractivity contribution in [2.45, 2.75) is 38.1 Å². The summed E-state index contributed by atoms with van der Waals surface area (Å²) in [4.78, 5) is 16.1. The molecular formula is C30H46FN3O5. The molecule has 0 saturated carbocycles.